The summed E-state index contributed by atoms with van der Waals surface area (Å²) in [4.78, 5) is 0. The van der Waals surface area contributed by atoms with E-state index in [1.807, 2.05) is 12.1 Å². The van der Waals surface area contributed by atoms with Crippen LogP contribution in [0.15, 0.2) is 65.8 Å². The van der Waals surface area contributed by atoms with Gasteiger partial charge in [-0.25, -0.2) is 0 Å². The Morgan fingerprint density at radius 3 is 1.96 bits per heavy atom. The Hall–Kier alpha value is -2.13. The minimum atomic E-state index is 0.149. The van der Waals surface area contributed by atoms with Crippen LogP contribution in [0.3, 0.4) is 0 Å². The molecular formula is C21H26N2O. The molecule has 0 unspecified atom stereocenters. The van der Waals surface area contributed by atoms with E-state index in [0.29, 0.717) is 0 Å². The van der Waals surface area contributed by atoms with Gasteiger partial charge in [0.2, 0.25) is 0 Å². The summed E-state index contributed by atoms with van der Waals surface area (Å²) in [6.07, 6.45) is 2.08. The van der Waals surface area contributed by atoms with Gasteiger partial charge in [0.25, 0.3) is 0 Å². The monoisotopic (exact) mass is 322 g/mol. The third kappa shape index (κ3) is 3.22. The molecule has 1 aliphatic heterocycles. The van der Waals surface area contributed by atoms with Crippen molar-refractivity contribution in [3.63, 3.8) is 0 Å². The van der Waals surface area contributed by atoms with Crippen LogP contribution in [0.5, 0.6) is 0 Å². The predicted molar refractivity (Wildman–Crippen MR) is 98.3 cm³/mol. The van der Waals surface area contributed by atoms with Crippen LogP contribution in [0.2, 0.25) is 0 Å². The Kier molecular flexibility index (Phi) is 5.31. The SMILES string of the molecule is CCC[C@H]1/C(=N/O)[C@@H](C)[C@@H](c2ccccc2)N[C@H]1c1ccccc1. The predicted octanol–water partition coefficient (Wildman–Crippen LogP) is 4.95. The van der Waals surface area contributed by atoms with Gasteiger partial charge in [0.1, 0.15) is 0 Å². The highest BCUT2D eigenvalue weighted by molar-refractivity contribution is 5.90. The van der Waals surface area contributed by atoms with Gasteiger partial charge in [0, 0.05) is 23.9 Å². The van der Waals surface area contributed by atoms with Crippen LogP contribution in [0.1, 0.15) is 49.9 Å². The number of hydrogen-bond acceptors (Lipinski definition) is 3. The van der Waals surface area contributed by atoms with Crippen molar-refractivity contribution in [3.8, 4) is 0 Å². The lowest BCUT2D eigenvalue weighted by atomic mass is 9.73. The van der Waals surface area contributed by atoms with Gasteiger partial charge in [-0.1, -0.05) is 86.1 Å². The molecule has 3 nitrogen and oxygen atoms in total. The summed E-state index contributed by atoms with van der Waals surface area (Å²) in [6.45, 7) is 4.34. The van der Waals surface area contributed by atoms with Gasteiger partial charge >= 0.3 is 0 Å². The van der Waals surface area contributed by atoms with E-state index in [1.54, 1.807) is 0 Å². The lowest BCUT2D eigenvalue weighted by molar-refractivity contribution is 0.258. The van der Waals surface area contributed by atoms with Crippen molar-refractivity contribution < 1.29 is 5.21 Å². The first-order chi connectivity index (χ1) is 11.8. The van der Waals surface area contributed by atoms with Crippen molar-refractivity contribution >= 4 is 5.71 Å². The fourth-order valence-electron chi connectivity index (χ4n) is 3.96. The van der Waals surface area contributed by atoms with E-state index in [2.05, 4.69) is 72.9 Å². The molecule has 1 aliphatic rings. The van der Waals surface area contributed by atoms with Crippen LogP contribution >= 0.6 is 0 Å². The highest BCUT2D eigenvalue weighted by atomic mass is 16.4. The maximum atomic E-state index is 9.75. The van der Waals surface area contributed by atoms with Crippen LogP contribution in [0.4, 0.5) is 0 Å². The van der Waals surface area contributed by atoms with E-state index < -0.39 is 0 Å². The molecule has 0 saturated carbocycles. The summed E-state index contributed by atoms with van der Waals surface area (Å²) in [5.41, 5.74) is 3.41. The Morgan fingerprint density at radius 2 is 1.46 bits per heavy atom. The lowest BCUT2D eigenvalue weighted by Gasteiger charge is -2.42. The van der Waals surface area contributed by atoms with Gasteiger partial charge < -0.3 is 10.5 Å². The first kappa shape index (κ1) is 16.7. The molecule has 1 saturated heterocycles. The molecule has 0 spiro atoms. The molecule has 2 N–H and O–H groups in total. The van der Waals surface area contributed by atoms with Crippen molar-refractivity contribution in [2.24, 2.45) is 17.0 Å². The second-order valence-corrected chi connectivity index (χ2v) is 6.65. The van der Waals surface area contributed by atoms with Gasteiger partial charge in [-0.15, -0.1) is 0 Å². The minimum absolute atomic E-state index is 0.149. The second-order valence-electron chi connectivity index (χ2n) is 6.65. The highest BCUT2D eigenvalue weighted by Gasteiger charge is 2.40. The van der Waals surface area contributed by atoms with Gasteiger partial charge in [-0.2, -0.15) is 0 Å². The number of piperidine rings is 1. The summed E-state index contributed by atoms with van der Waals surface area (Å²) in [7, 11) is 0. The van der Waals surface area contributed by atoms with Crippen LogP contribution in [-0.4, -0.2) is 10.9 Å². The van der Waals surface area contributed by atoms with E-state index in [0.717, 1.165) is 18.6 Å². The van der Waals surface area contributed by atoms with Gasteiger partial charge in [0.05, 0.1) is 5.71 Å². The summed E-state index contributed by atoms with van der Waals surface area (Å²) in [5.74, 6) is 0.381. The average molecular weight is 322 g/mol. The van der Waals surface area contributed by atoms with Crippen molar-refractivity contribution in [2.75, 3.05) is 0 Å². The molecule has 3 heteroatoms. The minimum Gasteiger partial charge on any atom is -0.411 e. The third-order valence-electron chi connectivity index (χ3n) is 5.14. The normalized spacial score (nSPS) is 28.8. The molecule has 0 bridgehead atoms. The van der Waals surface area contributed by atoms with E-state index in [1.165, 1.54) is 11.1 Å². The van der Waals surface area contributed by atoms with E-state index in [-0.39, 0.29) is 23.9 Å². The van der Waals surface area contributed by atoms with E-state index in [4.69, 9.17) is 0 Å². The van der Waals surface area contributed by atoms with E-state index >= 15 is 0 Å². The van der Waals surface area contributed by atoms with Crippen LogP contribution in [0.25, 0.3) is 0 Å². The number of nitrogens with one attached hydrogen (secondary N) is 1. The largest absolute Gasteiger partial charge is 0.411 e. The first-order valence-electron chi connectivity index (χ1n) is 8.84. The standard InChI is InChI=1S/C21H26N2O/c1-3-10-18-20(23-24)15(2)19(16-11-6-4-7-12-16)22-21(18)17-13-8-5-9-14-17/h4-9,11-15,18-19,21-22,24H,3,10H2,1-2H3/b23-20+/t15-,18-,19-,21-/m0/s1. The van der Waals surface area contributed by atoms with Crippen molar-refractivity contribution in [3.05, 3.63) is 71.8 Å². The lowest BCUT2D eigenvalue weighted by Crippen LogP contribution is -2.47. The molecule has 126 valence electrons. The Balaban J connectivity index is 2.01. The van der Waals surface area contributed by atoms with Gasteiger partial charge in [-0.3, -0.25) is 0 Å². The zero-order chi connectivity index (χ0) is 16.9. The van der Waals surface area contributed by atoms with Crippen LogP contribution < -0.4 is 5.32 Å². The second kappa shape index (κ2) is 7.63. The zero-order valence-corrected chi connectivity index (χ0v) is 14.4. The van der Waals surface area contributed by atoms with E-state index in [9.17, 15) is 5.21 Å². The molecule has 0 aliphatic carbocycles. The summed E-state index contributed by atoms with van der Waals surface area (Å²) in [5, 5.41) is 17.3. The maximum Gasteiger partial charge on any atom is 0.0667 e. The zero-order valence-electron chi connectivity index (χ0n) is 14.4. The number of hydrogen-bond donors (Lipinski definition) is 2. The Bertz CT molecular complexity index is 669. The van der Waals surface area contributed by atoms with Crippen molar-refractivity contribution in [2.45, 2.75) is 38.8 Å². The summed E-state index contributed by atoms with van der Waals surface area (Å²) < 4.78 is 0. The van der Waals surface area contributed by atoms with Gasteiger partial charge in [-0.05, 0) is 17.5 Å². The molecule has 0 aromatic heterocycles. The topological polar surface area (TPSA) is 44.6 Å². The summed E-state index contributed by atoms with van der Waals surface area (Å²) >= 11 is 0. The third-order valence-corrected chi connectivity index (χ3v) is 5.14. The molecule has 24 heavy (non-hydrogen) atoms. The molecule has 1 heterocycles. The van der Waals surface area contributed by atoms with Crippen molar-refractivity contribution in [1.82, 2.24) is 5.32 Å². The fraction of sp³-hybridized carbons (Fsp3) is 0.381. The number of rotatable bonds is 4. The molecule has 2 aromatic rings. The number of benzene rings is 2. The number of oxime groups is 1. The average Bonchev–Trinajstić information content (AvgIpc) is 2.64. The molecule has 2 aromatic carbocycles. The smallest absolute Gasteiger partial charge is 0.0667 e. The van der Waals surface area contributed by atoms with Crippen molar-refractivity contribution in [1.29, 1.82) is 0 Å². The maximum absolute atomic E-state index is 9.75. The highest BCUT2D eigenvalue weighted by Crippen LogP contribution is 2.40. The molecule has 0 radical (unpaired) electrons. The molecule has 0 amide bonds. The molecular weight excluding hydrogens is 296 g/mol. The quantitative estimate of drug-likeness (QED) is 0.617. The summed E-state index contributed by atoms with van der Waals surface area (Å²) in [6, 6.07) is 21.3. The van der Waals surface area contributed by atoms with Crippen LogP contribution in [0, 0.1) is 11.8 Å². The van der Waals surface area contributed by atoms with Crippen LogP contribution in [-0.2, 0) is 0 Å². The molecule has 4 atom stereocenters. The Labute approximate surface area is 144 Å². The molecule has 1 fully saturated rings. The molecule has 3 rings (SSSR count). The van der Waals surface area contributed by atoms with Gasteiger partial charge in [0.15, 0.2) is 0 Å². The fourth-order valence-corrected chi connectivity index (χ4v) is 3.96. The number of nitrogens with zero attached hydrogens (tertiary/aromatic N) is 1. The Morgan fingerprint density at radius 1 is 0.917 bits per heavy atom. The first-order valence-corrected chi connectivity index (χ1v) is 8.84.